The van der Waals surface area contributed by atoms with E-state index in [0.29, 0.717) is 16.0 Å². The van der Waals surface area contributed by atoms with Crippen LogP contribution in [-0.2, 0) is 0 Å². The third kappa shape index (κ3) is 3.11. The molecule has 0 spiro atoms. The maximum atomic E-state index is 13.1. The van der Waals surface area contributed by atoms with Crippen LogP contribution in [0.15, 0.2) is 35.1 Å². The number of hydrazine groups is 1. The molecule has 1 heterocycles. The molecule has 88 valence electrons. The fourth-order valence-corrected chi connectivity index (χ4v) is 1.62. The Morgan fingerprint density at radius 1 is 1.29 bits per heavy atom. The average molecular weight is 299 g/mol. The van der Waals surface area contributed by atoms with Crippen LogP contribution in [0.3, 0.4) is 0 Å². The molecule has 17 heavy (non-hydrogen) atoms. The van der Waals surface area contributed by atoms with E-state index >= 15 is 0 Å². The van der Waals surface area contributed by atoms with Crippen molar-refractivity contribution in [3.05, 3.63) is 40.9 Å². The molecule has 0 bridgehead atoms. The summed E-state index contributed by atoms with van der Waals surface area (Å²) in [7, 11) is 0. The van der Waals surface area contributed by atoms with Crippen molar-refractivity contribution in [1.82, 2.24) is 9.97 Å². The summed E-state index contributed by atoms with van der Waals surface area (Å²) in [6.07, 6.45) is 2.84. The molecule has 0 unspecified atom stereocenters. The minimum absolute atomic E-state index is 0.220. The summed E-state index contributed by atoms with van der Waals surface area (Å²) < 4.78 is 19.0. The fourth-order valence-electron chi connectivity index (χ4n) is 1.18. The van der Waals surface area contributed by atoms with Crippen LogP contribution in [0.5, 0.6) is 11.6 Å². The van der Waals surface area contributed by atoms with Crippen molar-refractivity contribution in [2.24, 2.45) is 5.84 Å². The maximum Gasteiger partial charge on any atom is 0.239 e. The van der Waals surface area contributed by atoms with Gasteiger partial charge in [0.2, 0.25) is 5.88 Å². The summed E-state index contributed by atoms with van der Waals surface area (Å²) in [5.41, 5.74) is 2.34. The maximum absolute atomic E-state index is 13.1. The predicted octanol–water partition coefficient (Wildman–Crippen LogP) is 2.46. The van der Waals surface area contributed by atoms with Crippen molar-refractivity contribution < 1.29 is 9.13 Å². The van der Waals surface area contributed by atoms with Gasteiger partial charge in [0.15, 0.2) is 5.82 Å². The van der Waals surface area contributed by atoms with E-state index in [1.54, 1.807) is 6.07 Å². The van der Waals surface area contributed by atoms with Gasteiger partial charge >= 0.3 is 0 Å². The van der Waals surface area contributed by atoms with Crippen LogP contribution in [-0.4, -0.2) is 9.97 Å². The Balaban J connectivity index is 2.24. The van der Waals surface area contributed by atoms with Crippen LogP contribution in [0.1, 0.15) is 0 Å². The minimum atomic E-state index is -0.407. The first-order chi connectivity index (χ1) is 8.17. The van der Waals surface area contributed by atoms with E-state index in [4.69, 9.17) is 10.6 Å². The van der Waals surface area contributed by atoms with E-state index in [-0.39, 0.29) is 5.88 Å². The molecule has 0 amide bonds. The highest BCUT2D eigenvalue weighted by atomic mass is 79.9. The lowest BCUT2D eigenvalue weighted by Crippen LogP contribution is -2.09. The number of anilines is 1. The summed E-state index contributed by atoms with van der Waals surface area (Å²) in [6, 6.07) is 4.19. The van der Waals surface area contributed by atoms with E-state index in [2.05, 4.69) is 31.3 Å². The zero-order valence-electron chi connectivity index (χ0n) is 8.52. The van der Waals surface area contributed by atoms with Gasteiger partial charge in [-0.2, -0.15) is 4.98 Å². The first-order valence-corrected chi connectivity index (χ1v) is 5.39. The number of ether oxygens (including phenoxy) is 1. The summed E-state index contributed by atoms with van der Waals surface area (Å²) in [5, 5.41) is 0. The Morgan fingerprint density at radius 2 is 2.12 bits per heavy atom. The van der Waals surface area contributed by atoms with E-state index in [1.807, 2.05) is 0 Å². The molecular formula is C10H8BrFN4O. The number of hydrogen-bond acceptors (Lipinski definition) is 5. The van der Waals surface area contributed by atoms with Crippen LogP contribution in [0.2, 0.25) is 0 Å². The second kappa shape index (κ2) is 5.07. The second-order valence-electron chi connectivity index (χ2n) is 3.09. The smallest absolute Gasteiger partial charge is 0.239 e. The molecule has 3 N–H and O–H groups in total. The third-order valence-electron chi connectivity index (χ3n) is 1.82. The van der Waals surface area contributed by atoms with Gasteiger partial charge in [-0.1, -0.05) is 15.9 Å². The van der Waals surface area contributed by atoms with Crippen molar-refractivity contribution in [3.63, 3.8) is 0 Å². The first kappa shape index (κ1) is 11.7. The Bertz CT molecular complexity index is 517. The molecule has 0 saturated heterocycles. The molecular weight excluding hydrogens is 291 g/mol. The lowest BCUT2D eigenvalue weighted by molar-refractivity contribution is 0.455. The first-order valence-electron chi connectivity index (χ1n) is 4.60. The molecule has 0 aliphatic heterocycles. The van der Waals surface area contributed by atoms with E-state index in [0.717, 1.165) is 0 Å². The van der Waals surface area contributed by atoms with Gasteiger partial charge < -0.3 is 10.2 Å². The normalized spacial score (nSPS) is 10.1. The van der Waals surface area contributed by atoms with Crippen molar-refractivity contribution in [1.29, 1.82) is 0 Å². The van der Waals surface area contributed by atoms with Gasteiger partial charge in [0.25, 0.3) is 0 Å². The van der Waals surface area contributed by atoms with Crippen LogP contribution < -0.4 is 16.0 Å². The Hall–Kier alpha value is -1.73. The molecule has 5 nitrogen and oxygen atoms in total. The van der Waals surface area contributed by atoms with Gasteiger partial charge in [0.05, 0.1) is 12.4 Å². The van der Waals surface area contributed by atoms with Crippen LogP contribution in [0, 0.1) is 5.82 Å². The predicted molar refractivity (Wildman–Crippen MR) is 64.0 cm³/mol. The van der Waals surface area contributed by atoms with Crippen molar-refractivity contribution in [3.8, 4) is 11.6 Å². The number of nitrogens with zero attached hydrogens (tertiary/aromatic N) is 2. The third-order valence-corrected chi connectivity index (χ3v) is 2.28. The molecule has 0 saturated carbocycles. The van der Waals surface area contributed by atoms with Crippen LogP contribution in [0.25, 0.3) is 0 Å². The molecule has 0 aliphatic carbocycles. The zero-order valence-corrected chi connectivity index (χ0v) is 10.1. The number of hydrogen-bond donors (Lipinski definition) is 2. The molecule has 1 aromatic heterocycles. The number of nitrogens with two attached hydrogens (primary N) is 1. The average Bonchev–Trinajstić information content (AvgIpc) is 2.28. The topological polar surface area (TPSA) is 73.1 Å². The van der Waals surface area contributed by atoms with Crippen molar-refractivity contribution in [2.45, 2.75) is 0 Å². The van der Waals surface area contributed by atoms with Gasteiger partial charge in [0, 0.05) is 10.5 Å². The van der Waals surface area contributed by atoms with E-state index < -0.39 is 5.82 Å². The highest BCUT2D eigenvalue weighted by Crippen LogP contribution is 2.24. The number of nitrogen functional groups attached to an aromatic ring is 1. The number of aromatic nitrogens is 2. The largest absolute Gasteiger partial charge is 0.437 e. The highest BCUT2D eigenvalue weighted by Gasteiger charge is 2.04. The number of halogens is 2. The fraction of sp³-hybridized carbons (Fsp3) is 0. The molecule has 2 aromatic rings. The number of nitrogens with one attached hydrogen (secondary N) is 1. The molecule has 0 fully saturated rings. The molecule has 7 heteroatoms. The lowest BCUT2D eigenvalue weighted by atomic mass is 10.3. The summed E-state index contributed by atoms with van der Waals surface area (Å²) >= 11 is 3.17. The molecule has 2 rings (SSSR count). The van der Waals surface area contributed by atoms with Gasteiger partial charge in [-0.3, -0.25) is 4.98 Å². The lowest BCUT2D eigenvalue weighted by Gasteiger charge is -2.06. The highest BCUT2D eigenvalue weighted by molar-refractivity contribution is 9.10. The van der Waals surface area contributed by atoms with Crippen LogP contribution in [0.4, 0.5) is 10.2 Å². The summed E-state index contributed by atoms with van der Waals surface area (Å²) in [6.45, 7) is 0. The van der Waals surface area contributed by atoms with Gasteiger partial charge in [-0.15, -0.1) is 0 Å². The van der Waals surface area contributed by atoms with Crippen molar-refractivity contribution >= 4 is 21.7 Å². The Kier molecular flexibility index (Phi) is 3.50. The van der Waals surface area contributed by atoms with Gasteiger partial charge in [-0.25, -0.2) is 10.2 Å². The van der Waals surface area contributed by atoms with E-state index in [9.17, 15) is 4.39 Å². The van der Waals surface area contributed by atoms with Crippen LogP contribution >= 0.6 is 15.9 Å². The van der Waals surface area contributed by atoms with Gasteiger partial charge in [0.1, 0.15) is 11.6 Å². The molecule has 0 aliphatic rings. The Morgan fingerprint density at radius 3 is 2.82 bits per heavy atom. The van der Waals surface area contributed by atoms with Gasteiger partial charge in [-0.05, 0) is 12.1 Å². The second-order valence-corrected chi connectivity index (χ2v) is 4.01. The zero-order chi connectivity index (χ0) is 12.3. The quantitative estimate of drug-likeness (QED) is 0.673. The Labute approximate surface area is 105 Å². The SMILES string of the molecule is NNc1cncc(Oc2cc(F)cc(Br)c2)n1. The molecule has 0 radical (unpaired) electrons. The summed E-state index contributed by atoms with van der Waals surface area (Å²) in [5.74, 6) is 5.68. The summed E-state index contributed by atoms with van der Waals surface area (Å²) in [4.78, 5) is 7.85. The monoisotopic (exact) mass is 298 g/mol. The van der Waals surface area contributed by atoms with Crippen molar-refractivity contribution in [2.75, 3.05) is 5.43 Å². The molecule has 1 aromatic carbocycles. The number of rotatable bonds is 3. The van der Waals surface area contributed by atoms with E-state index in [1.165, 1.54) is 24.5 Å². The molecule has 0 atom stereocenters. The number of benzene rings is 1. The standard InChI is InChI=1S/C10H8BrFN4O/c11-6-1-7(12)3-8(2-6)17-10-5-14-4-9(15-10)16-13/h1-5H,13H2,(H,15,16). The minimum Gasteiger partial charge on any atom is -0.437 e.